The third-order valence-electron chi connectivity index (χ3n) is 4.35. The minimum Gasteiger partial charge on any atom is -0.454 e. The lowest BCUT2D eigenvalue weighted by Gasteiger charge is -2.33. The van der Waals surface area contributed by atoms with E-state index in [9.17, 15) is 5.11 Å². The molecule has 19 heavy (non-hydrogen) atoms. The van der Waals surface area contributed by atoms with Crippen molar-refractivity contribution in [1.82, 2.24) is 4.90 Å². The molecule has 0 aliphatic carbocycles. The highest BCUT2D eigenvalue weighted by atomic mass is 16.7. The van der Waals surface area contributed by atoms with E-state index in [0.29, 0.717) is 12.7 Å². The van der Waals surface area contributed by atoms with Crippen LogP contribution in [0.25, 0.3) is 0 Å². The Morgan fingerprint density at radius 3 is 2.74 bits per heavy atom. The van der Waals surface area contributed by atoms with Gasteiger partial charge in [-0.1, -0.05) is 6.07 Å². The molecule has 104 valence electrons. The van der Waals surface area contributed by atoms with Crippen molar-refractivity contribution in [3.05, 3.63) is 23.8 Å². The van der Waals surface area contributed by atoms with Gasteiger partial charge in [-0.25, -0.2) is 0 Å². The number of benzene rings is 1. The summed E-state index contributed by atoms with van der Waals surface area (Å²) >= 11 is 0. The molecule has 0 saturated carbocycles. The summed E-state index contributed by atoms with van der Waals surface area (Å²) in [4.78, 5) is 2.35. The van der Waals surface area contributed by atoms with Gasteiger partial charge in [-0.15, -0.1) is 0 Å². The fourth-order valence-corrected chi connectivity index (χ4v) is 3.10. The van der Waals surface area contributed by atoms with Crippen LogP contribution in [0, 0.1) is 5.92 Å². The Morgan fingerprint density at radius 1 is 1.26 bits per heavy atom. The third kappa shape index (κ3) is 2.55. The van der Waals surface area contributed by atoms with Crippen molar-refractivity contribution in [2.75, 3.05) is 33.5 Å². The predicted octanol–water partition coefficient (Wildman–Crippen LogP) is 1.83. The van der Waals surface area contributed by atoms with Crippen molar-refractivity contribution in [2.24, 2.45) is 5.92 Å². The zero-order valence-electron chi connectivity index (χ0n) is 11.3. The second kappa shape index (κ2) is 5.39. The third-order valence-corrected chi connectivity index (χ3v) is 4.35. The molecular weight excluding hydrogens is 242 g/mol. The number of nitrogens with zero attached hydrogens (tertiary/aromatic N) is 1. The van der Waals surface area contributed by atoms with Gasteiger partial charge in [0.15, 0.2) is 11.5 Å². The molecule has 1 atom stereocenters. The lowest BCUT2D eigenvalue weighted by atomic mass is 9.80. The molecule has 0 spiro atoms. The average Bonchev–Trinajstić information content (AvgIpc) is 2.89. The maximum absolute atomic E-state index is 9.76. The van der Waals surface area contributed by atoms with E-state index >= 15 is 0 Å². The smallest absolute Gasteiger partial charge is 0.231 e. The van der Waals surface area contributed by atoms with Crippen molar-refractivity contribution in [3.8, 4) is 11.5 Å². The summed E-state index contributed by atoms with van der Waals surface area (Å²) in [6.07, 6.45) is 2.30. The van der Waals surface area contributed by atoms with Gasteiger partial charge in [0.1, 0.15) is 0 Å². The van der Waals surface area contributed by atoms with E-state index in [4.69, 9.17) is 9.47 Å². The Hall–Kier alpha value is -1.26. The van der Waals surface area contributed by atoms with Crippen molar-refractivity contribution in [2.45, 2.75) is 18.8 Å². The van der Waals surface area contributed by atoms with Crippen LogP contribution in [0.3, 0.4) is 0 Å². The second-order valence-corrected chi connectivity index (χ2v) is 5.54. The van der Waals surface area contributed by atoms with Crippen LogP contribution in [0.1, 0.15) is 24.3 Å². The fourth-order valence-electron chi connectivity index (χ4n) is 3.10. The molecule has 1 fully saturated rings. The van der Waals surface area contributed by atoms with Crippen LogP contribution in [0.2, 0.25) is 0 Å². The van der Waals surface area contributed by atoms with E-state index in [2.05, 4.69) is 18.0 Å². The van der Waals surface area contributed by atoms with Crippen molar-refractivity contribution in [1.29, 1.82) is 0 Å². The summed E-state index contributed by atoms with van der Waals surface area (Å²) in [5.74, 6) is 2.39. The summed E-state index contributed by atoms with van der Waals surface area (Å²) in [5, 5.41) is 9.76. The number of aliphatic hydroxyl groups excluding tert-OH is 1. The van der Waals surface area contributed by atoms with Crippen LogP contribution in [0.15, 0.2) is 18.2 Å². The van der Waals surface area contributed by atoms with Crippen LogP contribution < -0.4 is 9.47 Å². The highest BCUT2D eigenvalue weighted by molar-refractivity contribution is 5.45. The molecule has 1 N–H and O–H groups in total. The van der Waals surface area contributed by atoms with Gasteiger partial charge in [0, 0.05) is 5.92 Å². The van der Waals surface area contributed by atoms with Crippen LogP contribution in [-0.2, 0) is 0 Å². The Balaban J connectivity index is 1.78. The van der Waals surface area contributed by atoms with Gasteiger partial charge in [-0.2, -0.15) is 0 Å². The summed E-state index contributed by atoms with van der Waals surface area (Å²) in [6.45, 7) is 2.74. The minimum atomic E-state index is 0.202. The first-order chi connectivity index (χ1) is 9.28. The standard InChI is InChI=1S/C15H21NO3/c1-16-6-4-11(5-7-16)13(9-17)12-2-3-14-15(8-12)19-10-18-14/h2-3,8,11,13,17H,4-7,9-10H2,1H3. The van der Waals surface area contributed by atoms with Crippen LogP contribution in [-0.4, -0.2) is 43.5 Å². The molecule has 3 rings (SSSR count). The lowest BCUT2D eigenvalue weighted by molar-refractivity contribution is 0.156. The normalized spacial score (nSPS) is 21.6. The van der Waals surface area contributed by atoms with Crippen LogP contribution in [0.4, 0.5) is 0 Å². The Bertz CT molecular complexity index is 441. The average molecular weight is 263 g/mol. The molecule has 4 heteroatoms. The molecule has 0 radical (unpaired) electrons. The first-order valence-electron chi connectivity index (χ1n) is 6.97. The number of piperidine rings is 1. The van der Waals surface area contributed by atoms with Gasteiger partial charge in [-0.05, 0) is 56.6 Å². The predicted molar refractivity (Wildman–Crippen MR) is 72.6 cm³/mol. The molecule has 2 aliphatic heterocycles. The molecule has 1 unspecified atom stereocenters. The van der Waals surface area contributed by atoms with E-state index in [1.54, 1.807) is 0 Å². The number of hydrogen-bond donors (Lipinski definition) is 1. The van der Waals surface area contributed by atoms with Crippen LogP contribution in [0.5, 0.6) is 11.5 Å². The van der Waals surface area contributed by atoms with Gasteiger partial charge in [0.2, 0.25) is 6.79 Å². The SMILES string of the molecule is CN1CCC(C(CO)c2ccc3c(c2)OCO3)CC1. The molecule has 0 amide bonds. The van der Waals surface area contributed by atoms with E-state index in [1.807, 2.05) is 12.1 Å². The molecule has 1 aromatic carbocycles. The zero-order valence-corrected chi connectivity index (χ0v) is 11.3. The maximum atomic E-state index is 9.76. The molecule has 1 saturated heterocycles. The summed E-state index contributed by atoms with van der Waals surface area (Å²) in [7, 11) is 2.16. The van der Waals surface area contributed by atoms with Gasteiger partial charge >= 0.3 is 0 Å². The molecule has 4 nitrogen and oxygen atoms in total. The summed E-state index contributed by atoms with van der Waals surface area (Å²) in [6, 6.07) is 6.05. The van der Waals surface area contributed by atoms with Gasteiger partial charge in [0.05, 0.1) is 6.61 Å². The van der Waals surface area contributed by atoms with Gasteiger partial charge < -0.3 is 19.5 Å². The maximum Gasteiger partial charge on any atom is 0.231 e. The first-order valence-corrected chi connectivity index (χ1v) is 6.97. The topological polar surface area (TPSA) is 41.9 Å². The quantitative estimate of drug-likeness (QED) is 0.903. The number of aliphatic hydroxyl groups is 1. The molecule has 1 aromatic rings. The minimum absolute atomic E-state index is 0.202. The summed E-state index contributed by atoms with van der Waals surface area (Å²) < 4.78 is 10.8. The Labute approximate surface area is 113 Å². The highest BCUT2D eigenvalue weighted by Crippen LogP contribution is 2.38. The lowest BCUT2D eigenvalue weighted by Crippen LogP contribution is -2.33. The van der Waals surface area contributed by atoms with E-state index < -0.39 is 0 Å². The Kier molecular flexibility index (Phi) is 3.62. The van der Waals surface area contributed by atoms with Crippen molar-refractivity contribution >= 4 is 0 Å². The highest BCUT2D eigenvalue weighted by Gasteiger charge is 2.27. The number of ether oxygens (including phenoxy) is 2. The molecule has 0 bridgehead atoms. The van der Waals surface area contributed by atoms with Crippen molar-refractivity contribution in [3.63, 3.8) is 0 Å². The van der Waals surface area contributed by atoms with Crippen molar-refractivity contribution < 1.29 is 14.6 Å². The summed E-state index contributed by atoms with van der Waals surface area (Å²) in [5.41, 5.74) is 1.17. The van der Waals surface area contributed by atoms with Gasteiger partial charge in [0.25, 0.3) is 0 Å². The fraction of sp³-hybridized carbons (Fsp3) is 0.600. The largest absolute Gasteiger partial charge is 0.454 e. The molecule has 2 aliphatic rings. The molecule has 2 heterocycles. The van der Waals surface area contributed by atoms with E-state index in [-0.39, 0.29) is 12.5 Å². The van der Waals surface area contributed by atoms with E-state index in [0.717, 1.165) is 37.4 Å². The number of fused-ring (bicyclic) bond motifs is 1. The molecular formula is C15H21NO3. The number of likely N-dealkylation sites (tertiary alicyclic amines) is 1. The monoisotopic (exact) mass is 263 g/mol. The number of hydrogen-bond acceptors (Lipinski definition) is 4. The Morgan fingerprint density at radius 2 is 2.00 bits per heavy atom. The van der Waals surface area contributed by atoms with E-state index in [1.165, 1.54) is 5.56 Å². The van der Waals surface area contributed by atoms with Gasteiger partial charge in [-0.3, -0.25) is 0 Å². The first kappa shape index (κ1) is 12.8. The van der Waals surface area contributed by atoms with Crippen LogP contribution >= 0.6 is 0 Å². The molecule has 0 aromatic heterocycles. The zero-order chi connectivity index (χ0) is 13.2. The number of rotatable bonds is 3. The second-order valence-electron chi connectivity index (χ2n) is 5.54.